The number of amides is 2. The number of carbonyl (C=O) groups is 3. The van der Waals surface area contributed by atoms with Gasteiger partial charge < -0.3 is 54.7 Å². The molecule has 12 aromatic rings. The Kier molecular flexibility index (Phi) is 18.9. The van der Waals surface area contributed by atoms with Crippen molar-refractivity contribution in [1.82, 2.24) is 74.1 Å². The number of anilines is 6. The smallest absolute Gasteiger partial charge is 0.269 e. The lowest BCUT2D eigenvalue weighted by Gasteiger charge is -2.11. The second kappa shape index (κ2) is 27.7. The molecule has 0 fully saturated rings. The number of pyridine rings is 3. The summed E-state index contributed by atoms with van der Waals surface area (Å²) in [6.45, 7) is 0.893. The number of aryl methyl sites for hydroxylation is 1. The van der Waals surface area contributed by atoms with Crippen LogP contribution in [0.3, 0.4) is 0 Å². The Hall–Kier alpha value is -11.5. The summed E-state index contributed by atoms with van der Waals surface area (Å²) in [7, 11) is 16.1. The van der Waals surface area contributed by atoms with Crippen molar-refractivity contribution in [3.63, 3.8) is 0 Å². The number of nitrogens with zero attached hydrogens (tertiary/aromatic N) is 13. The number of fused-ring (bicyclic) bond motifs is 3. The molecule has 0 saturated heterocycles. The molecule has 0 aliphatic carbocycles. The molecule has 5 N–H and O–H groups in total. The zero-order valence-electron chi connectivity index (χ0n) is 50.6. The molecule has 0 spiro atoms. The third-order valence-corrected chi connectivity index (χ3v) is 14.0. The van der Waals surface area contributed by atoms with E-state index in [-0.39, 0.29) is 17.6 Å². The molecule has 0 bridgehead atoms. The predicted molar refractivity (Wildman–Crippen MR) is 346 cm³/mol. The van der Waals surface area contributed by atoms with Gasteiger partial charge in [-0.05, 0) is 136 Å². The Bertz CT molecular complexity index is 4460. The van der Waals surface area contributed by atoms with E-state index in [1.54, 1.807) is 109 Å². The zero-order valence-corrected chi connectivity index (χ0v) is 50.6. The molecule has 0 aliphatic heterocycles. The fourth-order valence-corrected chi connectivity index (χ4v) is 9.40. The lowest BCUT2D eigenvalue weighted by atomic mass is 10.1. The number of ether oxygens (including phenoxy) is 2. The summed E-state index contributed by atoms with van der Waals surface area (Å²) in [5.41, 5.74) is 11.4. The number of ketones is 1. The van der Waals surface area contributed by atoms with Gasteiger partial charge in [-0.1, -0.05) is 12.1 Å². The summed E-state index contributed by atoms with van der Waals surface area (Å²) in [5.74, 6) is 2.85. The molecule has 0 aliphatic rings. The molecule has 9 aromatic heterocycles. The zero-order chi connectivity index (χ0) is 62.6. The van der Waals surface area contributed by atoms with E-state index in [2.05, 4.69) is 75.7 Å². The van der Waals surface area contributed by atoms with E-state index in [0.29, 0.717) is 75.6 Å². The number of hydrogen-bond donors (Lipinski definition) is 5. The minimum atomic E-state index is -0.0717. The van der Waals surface area contributed by atoms with Crippen LogP contribution in [-0.2, 0) is 7.05 Å². The fourth-order valence-electron chi connectivity index (χ4n) is 9.40. The number of methoxy groups -OCH3 is 2. The van der Waals surface area contributed by atoms with Crippen LogP contribution in [0.1, 0.15) is 44.3 Å². The Morgan fingerprint density at radius 2 is 0.955 bits per heavy atom. The van der Waals surface area contributed by atoms with E-state index in [9.17, 15) is 14.4 Å². The number of nitrogens with one attached hydrogen (secondary N) is 5. The van der Waals surface area contributed by atoms with Gasteiger partial charge in [-0.3, -0.25) is 29.3 Å². The number of rotatable bonds is 18. The number of benzene rings is 3. The molecule has 2 amide bonds. The van der Waals surface area contributed by atoms with Gasteiger partial charge in [0.25, 0.3) is 11.8 Å². The Morgan fingerprint density at radius 1 is 0.472 bits per heavy atom. The first kappa shape index (κ1) is 60.7. The molecule has 0 unspecified atom stereocenters. The van der Waals surface area contributed by atoms with Crippen molar-refractivity contribution in [2.24, 2.45) is 7.05 Å². The standard InChI is InChI=1S/C24H26N6O2.C21H20N6O2.C21H20N6O/c1-30(2)12-4-5-23(31)22-14-16-13-17(6-7-19(16)28-22)27-24-26-11-9-20(29-24)21-15-18(32-3)8-10-25-21;1-27(2)20(28)19-11-13-10-14(4-5-16(13)25-19)24-21-23-9-7-17(26-21)18-12-15(29-3)6-8-22-18;1-26(2)20(28)19-12-14-7-8-15(13-18(14)27(19)3)24-21-23-11-9-17(25-21)16-6-4-5-10-22-16/h6-11,13-15,28H,4-5,12H2,1-3H3,(H,26,27,29);4-12,25H,1-3H3,(H,23,24,26);4-13H,1-3H3,(H,23,24,25). The van der Waals surface area contributed by atoms with Gasteiger partial charge in [-0.25, -0.2) is 29.9 Å². The lowest BCUT2D eigenvalue weighted by molar-refractivity contribution is 0.0813. The van der Waals surface area contributed by atoms with Crippen molar-refractivity contribution in [3.8, 4) is 45.7 Å². The normalized spacial score (nSPS) is 10.9. The molecular formula is C66H66N18O5. The fraction of sp³-hybridized carbons (Fsp3) is 0.182. The molecule has 3 aromatic carbocycles. The van der Waals surface area contributed by atoms with Gasteiger partial charge in [0.15, 0.2) is 5.78 Å². The number of Topliss-reactive ketones (excluding diaryl/α,β-unsaturated/α-hetero) is 1. The summed E-state index contributed by atoms with van der Waals surface area (Å²) < 4.78 is 12.4. The maximum absolute atomic E-state index is 12.5. The number of aromatic amines is 2. The first-order valence-corrected chi connectivity index (χ1v) is 28.3. The largest absolute Gasteiger partial charge is 0.497 e. The Balaban J connectivity index is 0.000000147. The summed E-state index contributed by atoms with van der Waals surface area (Å²) in [5, 5.41) is 12.6. The highest BCUT2D eigenvalue weighted by atomic mass is 16.5. The summed E-state index contributed by atoms with van der Waals surface area (Å²) in [6, 6.07) is 41.5. The van der Waals surface area contributed by atoms with Crippen LogP contribution >= 0.6 is 0 Å². The van der Waals surface area contributed by atoms with Crippen LogP contribution in [0.15, 0.2) is 171 Å². The highest BCUT2D eigenvalue weighted by Gasteiger charge is 2.17. The third-order valence-electron chi connectivity index (χ3n) is 14.0. The van der Waals surface area contributed by atoms with Crippen LogP contribution in [0.25, 0.3) is 66.9 Å². The van der Waals surface area contributed by atoms with Crippen LogP contribution in [0.2, 0.25) is 0 Å². The summed E-state index contributed by atoms with van der Waals surface area (Å²) in [4.78, 5) is 88.1. The van der Waals surface area contributed by atoms with E-state index in [1.165, 1.54) is 4.90 Å². The van der Waals surface area contributed by atoms with Gasteiger partial charge in [-0.2, -0.15) is 0 Å². The van der Waals surface area contributed by atoms with Gasteiger partial charge in [0.05, 0.1) is 59.6 Å². The van der Waals surface area contributed by atoms with Crippen LogP contribution in [-0.4, -0.2) is 155 Å². The molecule has 0 atom stereocenters. The van der Waals surface area contributed by atoms with Gasteiger partial charge in [-0.15, -0.1) is 0 Å². The van der Waals surface area contributed by atoms with Crippen LogP contribution in [0, 0.1) is 0 Å². The van der Waals surface area contributed by atoms with E-state index in [0.717, 1.165) is 74.1 Å². The maximum atomic E-state index is 12.5. The highest BCUT2D eigenvalue weighted by molar-refractivity contribution is 6.01. The second-order valence-electron chi connectivity index (χ2n) is 21.1. The molecule has 12 rings (SSSR count). The van der Waals surface area contributed by atoms with Crippen LogP contribution < -0.4 is 25.4 Å². The molecule has 450 valence electrons. The van der Waals surface area contributed by atoms with Gasteiger partial charge in [0.1, 0.15) is 22.9 Å². The van der Waals surface area contributed by atoms with Crippen molar-refractivity contribution in [3.05, 3.63) is 188 Å². The second-order valence-corrected chi connectivity index (χ2v) is 21.1. The topological polar surface area (TPSA) is 268 Å². The predicted octanol–water partition coefficient (Wildman–Crippen LogP) is 11.2. The van der Waals surface area contributed by atoms with Crippen molar-refractivity contribution in [1.29, 1.82) is 0 Å². The van der Waals surface area contributed by atoms with Crippen LogP contribution in [0.4, 0.5) is 34.9 Å². The van der Waals surface area contributed by atoms with E-state index in [1.807, 2.05) is 135 Å². The SMILES string of the molecule is CN(C)C(=O)c1cc2ccc(Nc3nccc(-c4ccccn4)n3)cc2n1C.COc1ccnc(-c2ccnc(Nc3ccc4[nH]c(C(=O)CCCN(C)C)cc4c3)n2)c1.COc1ccnc(-c2ccnc(Nc3ccc4[nH]c(C(=O)N(C)C)cc4c3)n2)c1. The third kappa shape index (κ3) is 15.2. The average Bonchev–Trinajstić information content (AvgIpc) is 4.08. The minimum absolute atomic E-state index is 0.0281. The van der Waals surface area contributed by atoms with Gasteiger partial charge in [0, 0.05) is 135 Å². The number of carbonyl (C=O) groups excluding carboxylic acids is 3. The minimum Gasteiger partial charge on any atom is -0.497 e. The van der Waals surface area contributed by atoms with Gasteiger partial charge in [0.2, 0.25) is 17.8 Å². The van der Waals surface area contributed by atoms with Crippen molar-refractivity contribution >= 4 is 85.2 Å². The summed E-state index contributed by atoms with van der Waals surface area (Å²) in [6.07, 6.45) is 11.5. The quantitative estimate of drug-likeness (QED) is 0.0500. The van der Waals surface area contributed by atoms with Crippen molar-refractivity contribution in [2.45, 2.75) is 12.8 Å². The molecule has 0 radical (unpaired) electrons. The molecule has 23 nitrogen and oxygen atoms in total. The van der Waals surface area contributed by atoms with E-state index >= 15 is 0 Å². The number of H-pyrrole nitrogens is 2. The summed E-state index contributed by atoms with van der Waals surface area (Å²) >= 11 is 0. The van der Waals surface area contributed by atoms with Crippen molar-refractivity contribution in [2.75, 3.05) is 79.0 Å². The Labute approximate surface area is 513 Å². The average molecular weight is 1190 g/mol. The molecule has 0 saturated carbocycles. The number of hydrogen-bond acceptors (Lipinski definition) is 18. The van der Waals surface area contributed by atoms with Crippen molar-refractivity contribution < 1.29 is 23.9 Å². The number of aromatic nitrogens is 12. The molecule has 89 heavy (non-hydrogen) atoms. The maximum Gasteiger partial charge on any atom is 0.269 e. The van der Waals surface area contributed by atoms with E-state index in [4.69, 9.17) is 9.47 Å². The molecule has 9 heterocycles. The molecular weight excluding hydrogens is 1120 g/mol. The van der Waals surface area contributed by atoms with Gasteiger partial charge >= 0.3 is 0 Å². The highest BCUT2D eigenvalue weighted by Crippen LogP contribution is 2.29. The molecule has 23 heteroatoms. The Morgan fingerprint density at radius 3 is 1.46 bits per heavy atom. The first-order valence-electron chi connectivity index (χ1n) is 28.3. The van der Waals surface area contributed by atoms with E-state index < -0.39 is 0 Å². The van der Waals surface area contributed by atoms with Crippen LogP contribution in [0.5, 0.6) is 11.5 Å². The first-order chi connectivity index (χ1) is 43.1. The lowest BCUT2D eigenvalue weighted by Crippen LogP contribution is -2.23. The monoisotopic (exact) mass is 1190 g/mol.